The molecule has 1 fully saturated rings. The number of phenols is 1. The summed E-state index contributed by atoms with van der Waals surface area (Å²) in [5, 5.41) is 13.4. The van der Waals surface area contributed by atoms with Crippen LogP contribution in [0.25, 0.3) is 0 Å². The maximum atomic E-state index is 9.96. The number of aromatic hydroxyl groups is 1. The van der Waals surface area contributed by atoms with Gasteiger partial charge in [-0.15, -0.1) is 0 Å². The van der Waals surface area contributed by atoms with Crippen molar-refractivity contribution in [3.8, 4) is 5.75 Å². The third-order valence-electron chi connectivity index (χ3n) is 4.70. The van der Waals surface area contributed by atoms with Crippen molar-refractivity contribution in [2.24, 2.45) is 0 Å². The van der Waals surface area contributed by atoms with Gasteiger partial charge in [0.1, 0.15) is 5.75 Å². The van der Waals surface area contributed by atoms with Crippen LogP contribution in [0.2, 0.25) is 0 Å². The van der Waals surface area contributed by atoms with E-state index in [2.05, 4.69) is 17.3 Å². The van der Waals surface area contributed by atoms with E-state index in [-0.39, 0.29) is 0 Å². The van der Waals surface area contributed by atoms with Crippen LogP contribution in [-0.4, -0.2) is 36.2 Å². The van der Waals surface area contributed by atoms with Crippen LogP contribution >= 0.6 is 0 Å². The predicted octanol–water partition coefficient (Wildman–Crippen LogP) is 3.44. The summed E-state index contributed by atoms with van der Waals surface area (Å²) < 4.78 is 0. The second-order valence-corrected chi connectivity index (χ2v) is 6.39. The van der Waals surface area contributed by atoms with E-state index in [1.54, 1.807) is 0 Å². The van der Waals surface area contributed by atoms with Gasteiger partial charge in [-0.2, -0.15) is 0 Å². The number of phenolic OH excluding ortho intramolecular Hbond substituents is 1. The van der Waals surface area contributed by atoms with Gasteiger partial charge in [-0.05, 0) is 51.9 Å². The summed E-state index contributed by atoms with van der Waals surface area (Å²) >= 11 is 0. The van der Waals surface area contributed by atoms with E-state index in [1.807, 2.05) is 25.1 Å². The molecule has 0 heterocycles. The summed E-state index contributed by atoms with van der Waals surface area (Å²) in [6.45, 7) is 4.86. The molecule has 21 heavy (non-hydrogen) atoms. The summed E-state index contributed by atoms with van der Waals surface area (Å²) in [5.74, 6) is 0.435. The fourth-order valence-electron chi connectivity index (χ4n) is 3.24. The highest BCUT2D eigenvalue weighted by molar-refractivity contribution is 5.39. The second-order valence-electron chi connectivity index (χ2n) is 6.39. The molecule has 0 amide bonds. The van der Waals surface area contributed by atoms with E-state index in [1.165, 1.54) is 38.5 Å². The summed E-state index contributed by atoms with van der Waals surface area (Å²) in [7, 11) is 2.27. The Morgan fingerprint density at radius 3 is 2.76 bits per heavy atom. The van der Waals surface area contributed by atoms with Crippen LogP contribution in [0.1, 0.15) is 49.7 Å². The molecular weight excluding hydrogens is 260 g/mol. The zero-order chi connectivity index (χ0) is 15.1. The normalized spacial score (nSPS) is 16.5. The molecule has 0 saturated heterocycles. The fourth-order valence-corrected chi connectivity index (χ4v) is 3.24. The third-order valence-corrected chi connectivity index (χ3v) is 4.70. The first-order valence-corrected chi connectivity index (χ1v) is 8.37. The Morgan fingerprint density at radius 1 is 1.24 bits per heavy atom. The van der Waals surface area contributed by atoms with Crippen LogP contribution in [0.3, 0.4) is 0 Å². The van der Waals surface area contributed by atoms with Gasteiger partial charge in [-0.1, -0.05) is 37.5 Å². The van der Waals surface area contributed by atoms with Crippen molar-refractivity contribution in [1.82, 2.24) is 10.2 Å². The maximum Gasteiger partial charge on any atom is 0.122 e. The number of nitrogens with one attached hydrogen (secondary N) is 1. The molecule has 1 saturated carbocycles. The minimum Gasteiger partial charge on any atom is -0.507 e. The maximum absolute atomic E-state index is 9.96. The van der Waals surface area contributed by atoms with E-state index in [4.69, 9.17) is 0 Å². The summed E-state index contributed by atoms with van der Waals surface area (Å²) in [5.41, 5.74) is 1.95. The molecule has 118 valence electrons. The fraction of sp³-hybridized carbons (Fsp3) is 0.667. The Labute approximate surface area is 129 Å². The molecule has 0 unspecified atom stereocenters. The quantitative estimate of drug-likeness (QED) is 0.755. The lowest BCUT2D eigenvalue weighted by Crippen LogP contribution is -2.35. The summed E-state index contributed by atoms with van der Waals surface area (Å²) in [6.07, 6.45) is 8.15. The van der Waals surface area contributed by atoms with Crippen molar-refractivity contribution in [2.45, 2.75) is 58.0 Å². The van der Waals surface area contributed by atoms with Crippen LogP contribution < -0.4 is 5.32 Å². The van der Waals surface area contributed by atoms with Crippen molar-refractivity contribution in [3.63, 3.8) is 0 Å². The molecule has 0 spiro atoms. The van der Waals surface area contributed by atoms with Gasteiger partial charge in [-0.3, -0.25) is 0 Å². The van der Waals surface area contributed by atoms with Crippen LogP contribution in [0, 0.1) is 6.92 Å². The minimum absolute atomic E-state index is 0.435. The molecule has 0 radical (unpaired) electrons. The van der Waals surface area contributed by atoms with E-state index in [0.29, 0.717) is 5.75 Å². The monoisotopic (exact) mass is 290 g/mol. The first-order chi connectivity index (χ1) is 10.2. The van der Waals surface area contributed by atoms with Crippen molar-refractivity contribution < 1.29 is 5.11 Å². The van der Waals surface area contributed by atoms with Gasteiger partial charge in [0.2, 0.25) is 0 Å². The molecule has 0 aliphatic heterocycles. The molecule has 1 aliphatic carbocycles. The van der Waals surface area contributed by atoms with E-state index < -0.39 is 0 Å². The second kappa shape index (κ2) is 8.40. The highest BCUT2D eigenvalue weighted by Gasteiger charge is 2.17. The molecule has 2 N–H and O–H groups in total. The molecule has 0 atom stereocenters. The predicted molar refractivity (Wildman–Crippen MR) is 88.7 cm³/mol. The van der Waals surface area contributed by atoms with Gasteiger partial charge in [0.05, 0.1) is 0 Å². The van der Waals surface area contributed by atoms with Crippen molar-refractivity contribution >= 4 is 0 Å². The van der Waals surface area contributed by atoms with Gasteiger partial charge in [0.25, 0.3) is 0 Å². The largest absolute Gasteiger partial charge is 0.507 e. The van der Waals surface area contributed by atoms with Gasteiger partial charge in [-0.25, -0.2) is 0 Å². The average Bonchev–Trinajstić information content (AvgIpc) is 2.51. The van der Waals surface area contributed by atoms with E-state index in [9.17, 15) is 5.11 Å². The molecule has 1 aliphatic rings. The van der Waals surface area contributed by atoms with E-state index in [0.717, 1.165) is 36.8 Å². The van der Waals surface area contributed by atoms with Crippen LogP contribution in [0.15, 0.2) is 18.2 Å². The first kappa shape index (κ1) is 16.3. The molecule has 1 aromatic carbocycles. The number of hydrogen-bond acceptors (Lipinski definition) is 3. The van der Waals surface area contributed by atoms with Gasteiger partial charge < -0.3 is 15.3 Å². The third kappa shape index (κ3) is 5.01. The topological polar surface area (TPSA) is 35.5 Å². The summed E-state index contributed by atoms with van der Waals surface area (Å²) in [4.78, 5) is 2.53. The Balaban J connectivity index is 1.62. The Hall–Kier alpha value is -1.06. The molecule has 3 heteroatoms. The highest BCUT2D eigenvalue weighted by atomic mass is 16.3. The smallest absolute Gasteiger partial charge is 0.122 e. The number of hydrogen-bond donors (Lipinski definition) is 2. The Morgan fingerprint density at radius 2 is 2.00 bits per heavy atom. The molecule has 2 rings (SSSR count). The highest BCUT2D eigenvalue weighted by Crippen LogP contribution is 2.22. The van der Waals surface area contributed by atoms with Crippen LogP contribution in [-0.2, 0) is 6.54 Å². The van der Waals surface area contributed by atoms with Crippen molar-refractivity contribution in [3.05, 3.63) is 29.3 Å². The molecule has 0 bridgehead atoms. The number of benzene rings is 1. The molecule has 1 aromatic rings. The zero-order valence-electron chi connectivity index (χ0n) is 13.6. The number of rotatable bonds is 7. The lowest BCUT2D eigenvalue weighted by Gasteiger charge is -2.31. The van der Waals surface area contributed by atoms with Gasteiger partial charge >= 0.3 is 0 Å². The van der Waals surface area contributed by atoms with Gasteiger partial charge in [0.15, 0.2) is 0 Å². The number of aryl methyl sites for hydroxylation is 1. The SMILES string of the molecule is Cc1cccc(CNCCCN(C)C2CCCCC2)c1O. The lowest BCUT2D eigenvalue weighted by atomic mass is 9.94. The van der Waals surface area contributed by atoms with Crippen molar-refractivity contribution in [2.75, 3.05) is 20.1 Å². The minimum atomic E-state index is 0.435. The number of para-hydroxylation sites is 1. The molecule has 0 aromatic heterocycles. The van der Waals surface area contributed by atoms with E-state index >= 15 is 0 Å². The Kier molecular flexibility index (Phi) is 6.52. The first-order valence-electron chi connectivity index (χ1n) is 8.37. The molecule has 3 nitrogen and oxygen atoms in total. The lowest BCUT2D eigenvalue weighted by molar-refractivity contribution is 0.189. The zero-order valence-corrected chi connectivity index (χ0v) is 13.6. The van der Waals surface area contributed by atoms with Crippen molar-refractivity contribution in [1.29, 1.82) is 0 Å². The molecular formula is C18H30N2O. The Bertz CT molecular complexity index is 427. The summed E-state index contributed by atoms with van der Waals surface area (Å²) in [6, 6.07) is 6.74. The van der Waals surface area contributed by atoms with Crippen LogP contribution in [0.4, 0.5) is 0 Å². The average molecular weight is 290 g/mol. The standard InChI is InChI=1S/C18H30N2O/c1-15-8-6-9-16(18(15)21)14-19-12-7-13-20(2)17-10-4-3-5-11-17/h6,8-9,17,19,21H,3-5,7,10-14H2,1-2H3. The number of nitrogens with zero attached hydrogens (tertiary/aromatic N) is 1. The van der Waals surface area contributed by atoms with Crippen LogP contribution in [0.5, 0.6) is 5.75 Å². The van der Waals surface area contributed by atoms with Gasteiger partial charge in [0, 0.05) is 18.2 Å².